The Morgan fingerprint density at radius 3 is 2.53 bits per heavy atom. The molecule has 0 saturated carbocycles. The van der Waals surface area contributed by atoms with Gasteiger partial charge in [-0.15, -0.1) is 4.83 Å². The van der Waals surface area contributed by atoms with E-state index in [1.54, 1.807) is 14.1 Å². The van der Waals surface area contributed by atoms with Crippen molar-refractivity contribution < 1.29 is 18.3 Å². The van der Waals surface area contributed by atoms with Gasteiger partial charge < -0.3 is 9.84 Å². The second-order valence-corrected chi connectivity index (χ2v) is 5.26. The topological polar surface area (TPSA) is 78.9 Å². The van der Waals surface area contributed by atoms with Crippen LogP contribution in [0.15, 0.2) is 23.1 Å². The number of methoxy groups -OCH3 is 1. The first kappa shape index (κ1) is 13.9. The van der Waals surface area contributed by atoms with Crippen molar-refractivity contribution in [3.63, 3.8) is 0 Å². The number of ether oxygens (including phenoxy) is 1. The van der Waals surface area contributed by atoms with E-state index in [9.17, 15) is 8.42 Å². The Bertz CT molecular complexity index is 485. The molecule has 1 rings (SSSR count). The summed E-state index contributed by atoms with van der Waals surface area (Å²) in [5, 5.41) is 10.3. The predicted octanol–water partition coefficient (Wildman–Crippen LogP) is -0.0576. The molecule has 7 heteroatoms. The monoisotopic (exact) mass is 260 g/mol. The minimum Gasteiger partial charge on any atom is -0.495 e. The Kier molecular flexibility index (Phi) is 4.47. The van der Waals surface area contributed by atoms with Gasteiger partial charge in [-0.25, -0.2) is 13.4 Å². The van der Waals surface area contributed by atoms with Crippen molar-refractivity contribution in [3.8, 4) is 5.75 Å². The highest BCUT2D eigenvalue weighted by molar-refractivity contribution is 7.89. The number of nitrogens with zero attached hydrogens (tertiary/aromatic N) is 1. The summed E-state index contributed by atoms with van der Waals surface area (Å²) in [6, 6.07) is 4.42. The standard InChI is InChI=1S/C10H16N2O4S/c1-12(2)11-17(14,15)10-5-4-8(7-13)6-9(10)16-3/h4-6,11,13H,7H2,1-3H3. The molecule has 0 aliphatic carbocycles. The summed E-state index contributed by atoms with van der Waals surface area (Å²) in [6.07, 6.45) is 0. The summed E-state index contributed by atoms with van der Waals surface area (Å²) >= 11 is 0. The average molecular weight is 260 g/mol. The van der Waals surface area contributed by atoms with E-state index in [0.29, 0.717) is 5.56 Å². The number of aliphatic hydroxyl groups excluding tert-OH is 1. The number of hydrazine groups is 1. The maximum absolute atomic E-state index is 11.9. The molecule has 0 aliphatic heterocycles. The van der Waals surface area contributed by atoms with Gasteiger partial charge in [0.25, 0.3) is 10.0 Å². The van der Waals surface area contributed by atoms with Crippen LogP contribution in [0.1, 0.15) is 5.56 Å². The van der Waals surface area contributed by atoms with Crippen molar-refractivity contribution in [1.82, 2.24) is 9.84 Å². The molecule has 0 atom stereocenters. The number of hydrogen-bond acceptors (Lipinski definition) is 5. The fraction of sp³-hybridized carbons (Fsp3) is 0.400. The molecular formula is C10H16N2O4S. The van der Waals surface area contributed by atoms with Crippen molar-refractivity contribution >= 4 is 10.0 Å². The highest BCUT2D eigenvalue weighted by Gasteiger charge is 2.20. The van der Waals surface area contributed by atoms with E-state index in [-0.39, 0.29) is 17.3 Å². The minimum atomic E-state index is -3.66. The van der Waals surface area contributed by atoms with Crippen LogP contribution in [0.2, 0.25) is 0 Å². The van der Waals surface area contributed by atoms with E-state index in [4.69, 9.17) is 9.84 Å². The fourth-order valence-corrected chi connectivity index (χ4v) is 2.56. The summed E-state index contributed by atoms with van der Waals surface area (Å²) in [5.41, 5.74) is 0.589. The third-order valence-electron chi connectivity index (χ3n) is 2.00. The van der Waals surface area contributed by atoms with Gasteiger partial charge in [-0.3, -0.25) is 0 Å². The van der Waals surface area contributed by atoms with E-state index in [1.165, 1.54) is 30.3 Å². The average Bonchev–Trinajstić information content (AvgIpc) is 2.26. The highest BCUT2D eigenvalue weighted by Crippen LogP contribution is 2.24. The number of nitrogens with one attached hydrogen (secondary N) is 1. The summed E-state index contributed by atoms with van der Waals surface area (Å²) in [5.74, 6) is 0.200. The fourth-order valence-electron chi connectivity index (χ4n) is 1.32. The van der Waals surface area contributed by atoms with Crippen LogP contribution in [-0.2, 0) is 16.6 Å². The van der Waals surface area contributed by atoms with Crippen LogP contribution in [-0.4, -0.2) is 39.7 Å². The molecule has 0 aliphatic rings. The zero-order chi connectivity index (χ0) is 13.1. The second-order valence-electron chi connectivity index (χ2n) is 3.63. The Morgan fingerprint density at radius 2 is 2.06 bits per heavy atom. The van der Waals surface area contributed by atoms with Crippen LogP contribution in [0.5, 0.6) is 5.75 Å². The minimum absolute atomic E-state index is 0.0332. The number of aliphatic hydroxyl groups is 1. The molecule has 0 radical (unpaired) electrons. The van der Waals surface area contributed by atoms with Crippen LogP contribution >= 0.6 is 0 Å². The molecule has 2 N–H and O–H groups in total. The number of benzene rings is 1. The van der Waals surface area contributed by atoms with Crippen molar-refractivity contribution in [2.24, 2.45) is 0 Å². The van der Waals surface area contributed by atoms with E-state index in [2.05, 4.69) is 4.83 Å². The summed E-state index contributed by atoms with van der Waals surface area (Å²) < 4.78 is 28.9. The maximum atomic E-state index is 11.9. The zero-order valence-electron chi connectivity index (χ0n) is 9.97. The third-order valence-corrected chi connectivity index (χ3v) is 3.52. The summed E-state index contributed by atoms with van der Waals surface area (Å²) in [4.78, 5) is 2.34. The quantitative estimate of drug-likeness (QED) is 0.725. The Morgan fingerprint density at radius 1 is 1.41 bits per heavy atom. The van der Waals surface area contributed by atoms with E-state index < -0.39 is 10.0 Å². The van der Waals surface area contributed by atoms with Crippen LogP contribution in [0.25, 0.3) is 0 Å². The van der Waals surface area contributed by atoms with E-state index >= 15 is 0 Å². The lowest BCUT2D eigenvalue weighted by Gasteiger charge is -2.15. The predicted molar refractivity (Wildman–Crippen MR) is 62.9 cm³/mol. The first-order chi connectivity index (χ1) is 7.90. The van der Waals surface area contributed by atoms with Gasteiger partial charge in [-0.1, -0.05) is 6.07 Å². The van der Waals surface area contributed by atoms with Crippen molar-refractivity contribution in [1.29, 1.82) is 0 Å². The second kappa shape index (κ2) is 5.46. The lowest BCUT2D eigenvalue weighted by atomic mass is 10.2. The normalized spacial score (nSPS) is 11.8. The number of sulfonamides is 1. The largest absolute Gasteiger partial charge is 0.495 e. The number of hydrogen-bond donors (Lipinski definition) is 2. The molecule has 0 aromatic heterocycles. The molecule has 0 saturated heterocycles. The molecule has 6 nitrogen and oxygen atoms in total. The molecule has 17 heavy (non-hydrogen) atoms. The molecule has 96 valence electrons. The lowest BCUT2D eigenvalue weighted by molar-refractivity contribution is 0.280. The molecule has 0 heterocycles. The summed E-state index contributed by atoms with van der Waals surface area (Å²) in [6.45, 7) is -0.169. The first-order valence-corrected chi connectivity index (χ1v) is 6.36. The smallest absolute Gasteiger partial charge is 0.257 e. The molecule has 1 aromatic carbocycles. The van der Waals surface area contributed by atoms with Crippen molar-refractivity contribution in [2.45, 2.75) is 11.5 Å². The van der Waals surface area contributed by atoms with Crippen molar-refractivity contribution in [3.05, 3.63) is 23.8 Å². The third kappa shape index (κ3) is 3.40. The molecule has 0 spiro atoms. The molecular weight excluding hydrogens is 244 g/mol. The SMILES string of the molecule is COc1cc(CO)ccc1S(=O)(=O)NN(C)C. The Hall–Kier alpha value is -1.15. The maximum Gasteiger partial charge on any atom is 0.257 e. The summed E-state index contributed by atoms with van der Waals surface area (Å²) in [7, 11) is 0.873. The Balaban J connectivity index is 3.22. The van der Waals surface area contributed by atoms with Crippen LogP contribution < -0.4 is 9.57 Å². The molecule has 1 aromatic rings. The van der Waals surface area contributed by atoms with Gasteiger partial charge in [0.05, 0.1) is 13.7 Å². The van der Waals surface area contributed by atoms with Gasteiger partial charge in [0.2, 0.25) is 0 Å². The molecule has 0 bridgehead atoms. The van der Waals surface area contributed by atoms with Gasteiger partial charge in [-0.05, 0) is 17.7 Å². The highest BCUT2D eigenvalue weighted by atomic mass is 32.2. The Labute approximate surface area is 101 Å². The zero-order valence-corrected chi connectivity index (χ0v) is 10.8. The van der Waals surface area contributed by atoms with Gasteiger partial charge in [-0.2, -0.15) is 0 Å². The van der Waals surface area contributed by atoms with Crippen LogP contribution in [0, 0.1) is 0 Å². The first-order valence-electron chi connectivity index (χ1n) is 4.88. The van der Waals surface area contributed by atoms with Crippen LogP contribution in [0.4, 0.5) is 0 Å². The van der Waals surface area contributed by atoms with E-state index in [1.807, 2.05) is 0 Å². The van der Waals surface area contributed by atoms with Gasteiger partial charge in [0, 0.05) is 14.1 Å². The molecule has 0 amide bonds. The van der Waals surface area contributed by atoms with Crippen LogP contribution in [0.3, 0.4) is 0 Å². The van der Waals surface area contributed by atoms with Crippen molar-refractivity contribution in [2.75, 3.05) is 21.2 Å². The van der Waals surface area contributed by atoms with E-state index in [0.717, 1.165) is 0 Å². The van der Waals surface area contributed by atoms with Gasteiger partial charge in [0.1, 0.15) is 10.6 Å². The molecule has 0 fully saturated rings. The molecule has 0 unspecified atom stereocenters. The van der Waals surface area contributed by atoms with Gasteiger partial charge in [0.15, 0.2) is 0 Å². The van der Waals surface area contributed by atoms with Gasteiger partial charge >= 0.3 is 0 Å². The lowest BCUT2D eigenvalue weighted by Crippen LogP contribution is -2.36. The number of rotatable bonds is 5.